The van der Waals surface area contributed by atoms with E-state index in [0.717, 1.165) is 18.4 Å². The molecular formula is C14H21NO3. The second-order valence-corrected chi connectivity index (χ2v) is 4.84. The Hall–Kier alpha value is -0.940. The van der Waals surface area contributed by atoms with Crippen LogP contribution in [0.3, 0.4) is 0 Å². The van der Waals surface area contributed by atoms with Crippen molar-refractivity contribution in [3.63, 3.8) is 0 Å². The third-order valence-corrected chi connectivity index (χ3v) is 3.08. The third-order valence-electron chi connectivity index (χ3n) is 3.08. The lowest BCUT2D eigenvalue weighted by Crippen LogP contribution is -2.43. The topological polar surface area (TPSA) is 64.7 Å². The lowest BCUT2D eigenvalue weighted by molar-refractivity contribution is -0.0720. The zero-order valence-electron chi connectivity index (χ0n) is 10.5. The summed E-state index contributed by atoms with van der Waals surface area (Å²) in [4.78, 5) is 0. The molecule has 3 N–H and O–H groups in total. The van der Waals surface area contributed by atoms with Gasteiger partial charge >= 0.3 is 0 Å². The van der Waals surface area contributed by atoms with Gasteiger partial charge in [0.2, 0.25) is 0 Å². The van der Waals surface area contributed by atoms with E-state index in [2.05, 4.69) is 0 Å². The molecule has 0 heterocycles. The van der Waals surface area contributed by atoms with Crippen LogP contribution in [-0.2, 0) is 16.1 Å². The number of nitrogens with two attached hydrogens (primary N) is 1. The van der Waals surface area contributed by atoms with E-state index in [1.54, 1.807) is 0 Å². The molecule has 1 fully saturated rings. The highest BCUT2D eigenvalue weighted by Crippen LogP contribution is 2.21. The largest absolute Gasteiger partial charge is 0.388 e. The smallest absolute Gasteiger partial charge is 0.101 e. The molecule has 1 aromatic rings. The van der Waals surface area contributed by atoms with Crippen LogP contribution < -0.4 is 5.73 Å². The van der Waals surface area contributed by atoms with Gasteiger partial charge in [-0.3, -0.25) is 0 Å². The van der Waals surface area contributed by atoms with E-state index in [1.165, 1.54) is 0 Å². The van der Waals surface area contributed by atoms with Crippen LogP contribution in [0.15, 0.2) is 30.3 Å². The molecule has 1 aliphatic rings. The van der Waals surface area contributed by atoms with Crippen molar-refractivity contribution >= 4 is 0 Å². The summed E-state index contributed by atoms with van der Waals surface area (Å²) in [5.74, 6) is 0. The van der Waals surface area contributed by atoms with Crippen molar-refractivity contribution < 1.29 is 14.6 Å². The highest BCUT2D eigenvalue weighted by Gasteiger charge is 2.26. The normalized spacial score (nSPS) is 24.6. The van der Waals surface area contributed by atoms with Crippen LogP contribution in [0, 0.1) is 0 Å². The quantitative estimate of drug-likeness (QED) is 0.761. The van der Waals surface area contributed by atoms with E-state index in [9.17, 15) is 5.11 Å². The van der Waals surface area contributed by atoms with Gasteiger partial charge in [-0.2, -0.15) is 0 Å². The number of hydrogen-bond donors (Lipinski definition) is 2. The first-order valence-electron chi connectivity index (χ1n) is 6.41. The summed E-state index contributed by atoms with van der Waals surface area (Å²) in [7, 11) is 0. The van der Waals surface area contributed by atoms with Gasteiger partial charge < -0.3 is 20.3 Å². The SMILES string of the molecule is NC1CC(OCC(O)COCc2ccccc2)C1. The van der Waals surface area contributed by atoms with Crippen molar-refractivity contribution in [3.8, 4) is 0 Å². The van der Waals surface area contributed by atoms with Crippen molar-refractivity contribution in [1.29, 1.82) is 0 Å². The fourth-order valence-corrected chi connectivity index (χ4v) is 1.92. The maximum atomic E-state index is 9.68. The van der Waals surface area contributed by atoms with Gasteiger partial charge in [0.1, 0.15) is 6.10 Å². The van der Waals surface area contributed by atoms with Gasteiger partial charge in [-0.25, -0.2) is 0 Å². The maximum absolute atomic E-state index is 9.68. The molecule has 1 atom stereocenters. The molecule has 1 aromatic carbocycles. The molecule has 0 amide bonds. The van der Waals surface area contributed by atoms with E-state index in [1.807, 2.05) is 30.3 Å². The molecule has 0 aliphatic heterocycles. The van der Waals surface area contributed by atoms with Crippen LogP contribution in [0.25, 0.3) is 0 Å². The number of aliphatic hydroxyl groups is 1. The first-order chi connectivity index (χ1) is 8.74. The van der Waals surface area contributed by atoms with Gasteiger partial charge in [-0.05, 0) is 18.4 Å². The molecule has 1 aliphatic carbocycles. The average molecular weight is 251 g/mol. The zero-order valence-corrected chi connectivity index (χ0v) is 10.5. The first-order valence-corrected chi connectivity index (χ1v) is 6.41. The number of rotatable bonds is 7. The molecule has 4 heteroatoms. The second-order valence-electron chi connectivity index (χ2n) is 4.84. The monoisotopic (exact) mass is 251 g/mol. The van der Waals surface area contributed by atoms with Crippen LogP contribution in [-0.4, -0.2) is 36.6 Å². The minimum absolute atomic E-state index is 0.226. The lowest BCUT2D eigenvalue weighted by atomic mass is 9.90. The first kappa shape index (κ1) is 13.5. The number of aliphatic hydroxyl groups excluding tert-OH is 1. The molecule has 18 heavy (non-hydrogen) atoms. The van der Waals surface area contributed by atoms with Crippen molar-refractivity contribution in [2.45, 2.75) is 37.7 Å². The maximum Gasteiger partial charge on any atom is 0.101 e. The van der Waals surface area contributed by atoms with Crippen LogP contribution in [0.1, 0.15) is 18.4 Å². The Bertz CT molecular complexity index is 338. The van der Waals surface area contributed by atoms with Gasteiger partial charge in [0.15, 0.2) is 0 Å². The van der Waals surface area contributed by atoms with Crippen molar-refractivity contribution in [3.05, 3.63) is 35.9 Å². The fraction of sp³-hybridized carbons (Fsp3) is 0.571. The van der Waals surface area contributed by atoms with Gasteiger partial charge in [0.25, 0.3) is 0 Å². The van der Waals surface area contributed by atoms with E-state index in [0.29, 0.717) is 19.8 Å². The zero-order chi connectivity index (χ0) is 12.8. The van der Waals surface area contributed by atoms with E-state index < -0.39 is 6.10 Å². The Morgan fingerprint density at radius 2 is 1.94 bits per heavy atom. The van der Waals surface area contributed by atoms with E-state index in [-0.39, 0.29) is 12.1 Å². The van der Waals surface area contributed by atoms with Crippen molar-refractivity contribution in [1.82, 2.24) is 0 Å². The molecular weight excluding hydrogens is 230 g/mol. The summed E-state index contributed by atoms with van der Waals surface area (Å²) in [5.41, 5.74) is 6.76. The molecule has 4 nitrogen and oxygen atoms in total. The van der Waals surface area contributed by atoms with Crippen LogP contribution >= 0.6 is 0 Å². The molecule has 0 bridgehead atoms. The van der Waals surface area contributed by atoms with Gasteiger partial charge in [0.05, 0.1) is 25.9 Å². The Morgan fingerprint density at radius 1 is 1.22 bits per heavy atom. The molecule has 0 saturated heterocycles. The molecule has 1 saturated carbocycles. The predicted molar refractivity (Wildman–Crippen MR) is 69.1 cm³/mol. The Labute approximate surface area is 108 Å². The summed E-state index contributed by atoms with van der Waals surface area (Å²) in [6.45, 7) is 1.14. The number of hydrogen-bond acceptors (Lipinski definition) is 4. The minimum Gasteiger partial charge on any atom is -0.388 e. The van der Waals surface area contributed by atoms with Gasteiger partial charge in [-0.1, -0.05) is 30.3 Å². The average Bonchev–Trinajstić information content (AvgIpc) is 2.34. The standard InChI is InChI=1S/C14H21NO3/c15-12-6-14(7-12)18-10-13(16)9-17-8-11-4-2-1-3-5-11/h1-5,12-14,16H,6-10,15H2. The molecule has 1 unspecified atom stereocenters. The third kappa shape index (κ3) is 4.38. The van der Waals surface area contributed by atoms with Gasteiger partial charge in [0, 0.05) is 6.04 Å². The molecule has 100 valence electrons. The molecule has 2 rings (SSSR count). The van der Waals surface area contributed by atoms with Crippen molar-refractivity contribution in [2.24, 2.45) is 5.73 Å². The summed E-state index contributed by atoms with van der Waals surface area (Å²) in [6, 6.07) is 10.2. The Kier molecular flexibility index (Phi) is 5.13. The summed E-state index contributed by atoms with van der Waals surface area (Å²) < 4.78 is 10.9. The molecule has 0 radical (unpaired) electrons. The molecule has 0 spiro atoms. The van der Waals surface area contributed by atoms with Crippen molar-refractivity contribution in [2.75, 3.05) is 13.2 Å². The highest BCUT2D eigenvalue weighted by atomic mass is 16.5. The van der Waals surface area contributed by atoms with E-state index >= 15 is 0 Å². The number of benzene rings is 1. The minimum atomic E-state index is -0.564. The van der Waals surface area contributed by atoms with Gasteiger partial charge in [-0.15, -0.1) is 0 Å². The fourth-order valence-electron chi connectivity index (χ4n) is 1.92. The highest BCUT2D eigenvalue weighted by molar-refractivity contribution is 5.13. The molecule has 0 aromatic heterocycles. The Morgan fingerprint density at radius 3 is 2.61 bits per heavy atom. The summed E-state index contributed by atoms with van der Waals surface area (Å²) >= 11 is 0. The predicted octanol–water partition coefficient (Wildman–Crippen LogP) is 1.07. The summed E-state index contributed by atoms with van der Waals surface area (Å²) in [5, 5.41) is 9.68. The lowest BCUT2D eigenvalue weighted by Gasteiger charge is -2.32. The van der Waals surface area contributed by atoms with Crippen LogP contribution in [0.2, 0.25) is 0 Å². The second kappa shape index (κ2) is 6.85. The van der Waals surface area contributed by atoms with Crippen LogP contribution in [0.5, 0.6) is 0 Å². The Balaban J connectivity index is 1.53. The summed E-state index contributed by atoms with van der Waals surface area (Å²) in [6.07, 6.45) is 1.46. The van der Waals surface area contributed by atoms with E-state index in [4.69, 9.17) is 15.2 Å². The number of ether oxygens (including phenoxy) is 2. The van der Waals surface area contributed by atoms with Crippen LogP contribution in [0.4, 0.5) is 0 Å².